The lowest BCUT2D eigenvalue weighted by Crippen LogP contribution is -2.01. The van der Waals surface area contributed by atoms with Crippen molar-refractivity contribution in [2.24, 2.45) is 0 Å². The molecule has 0 aliphatic carbocycles. The van der Waals surface area contributed by atoms with Gasteiger partial charge in [0.1, 0.15) is 5.82 Å². The Morgan fingerprint density at radius 3 is 2.50 bits per heavy atom. The van der Waals surface area contributed by atoms with Gasteiger partial charge in [0.15, 0.2) is 0 Å². The van der Waals surface area contributed by atoms with Crippen molar-refractivity contribution in [3.63, 3.8) is 0 Å². The third-order valence-electron chi connectivity index (χ3n) is 2.81. The molecular weight excluding hydrogens is 255 g/mol. The van der Waals surface area contributed by atoms with Crippen molar-refractivity contribution in [3.8, 4) is 0 Å². The van der Waals surface area contributed by atoms with Crippen molar-refractivity contribution in [1.29, 1.82) is 0 Å². The molecule has 20 heavy (non-hydrogen) atoms. The van der Waals surface area contributed by atoms with E-state index in [1.807, 2.05) is 12.2 Å². The van der Waals surface area contributed by atoms with E-state index in [2.05, 4.69) is 5.32 Å². The van der Waals surface area contributed by atoms with Crippen molar-refractivity contribution in [1.82, 2.24) is 0 Å². The molecule has 2 aromatic rings. The van der Waals surface area contributed by atoms with Gasteiger partial charge in [0.2, 0.25) is 0 Å². The molecule has 5 heteroatoms. The van der Waals surface area contributed by atoms with Crippen LogP contribution in [0.1, 0.15) is 5.56 Å². The zero-order chi connectivity index (χ0) is 14.5. The summed E-state index contributed by atoms with van der Waals surface area (Å²) in [6, 6.07) is 9.68. The lowest BCUT2D eigenvalue weighted by atomic mass is 10.1. The van der Waals surface area contributed by atoms with Gasteiger partial charge in [-0.25, -0.2) is 4.39 Å². The summed E-state index contributed by atoms with van der Waals surface area (Å²) < 4.78 is 13.5. The normalized spacial score (nSPS) is 10.8. The molecule has 2 rings (SSSR count). The summed E-state index contributed by atoms with van der Waals surface area (Å²) in [5.41, 5.74) is 20.1. The Balaban J connectivity index is 2.00. The predicted molar refractivity (Wildman–Crippen MR) is 83.6 cm³/mol. The monoisotopic (exact) mass is 272 g/mol. The summed E-state index contributed by atoms with van der Waals surface area (Å²) in [4.78, 5) is 0. The number of rotatable bonds is 4. The second-order valence-corrected chi connectivity index (χ2v) is 4.41. The van der Waals surface area contributed by atoms with Crippen molar-refractivity contribution in [3.05, 3.63) is 53.9 Å². The average molecular weight is 272 g/mol. The van der Waals surface area contributed by atoms with Crippen molar-refractivity contribution in [2.45, 2.75) is 0 Å². The Kier molecular flexibility index (Phi) is 4.10. The molecular formula is C15H17FN4. The number of hydrogen-bond acceptors (Lipinski definition) is 4. The third-order valence-corrected chi connectivity index (χ3v) is 2.81. The first-order valence-corrected chi connectivity index (χ1v) is 6.16. The SMILES string of the molecule is Nc1ccc(N)c(C=CCNc2cc(N)ccc2F)c1. The molecule has 2 aromatic carbocycles. The number of anilines is 4. The van der Waals surface area contributed by atoms with Gasteiger partial charge in [-0.1, -0.05) is 12.2 Å². The van der Waals surface area contributed by atoms with Gasteiger partial charge in [0, 0.05) is 23.6 Å². The highest BCUT2D eigenvalue weighted by Gasteiger charge is 2.00. The van der Waals surface area contributed by atoms with Gasteiger partial charge in [-0.2, -0.15) is 0 Å². The summed E-state index contributed by atoms with van der Waals surface area (Å²) >= 11 is 0. The van der Waals surface area contributed by atoms with E-state index >= 15 is 0 Å². The van der Waals surface area contributed by atoms with Crippen molar-refractivity contribution < 1.29 is 4.39 Å². The second-order valence-electron chi connectivity index (χ2n) is 4.41. The molecule has 0 radical (unpaired) electrons. The Bertz CT molecular complexity index is 638. The quantitative estimate of drug-likeness (QED) is 0.644. The fourth-order valence-electron chi connectivity index (χ4n) is 1.77. The minimum absolute atomic E-state index is 0.337. The van der Waals surface area contributed by atoms with E-state index in [0.717, 1.165) is 5.56 Å². The number of halogens is 1. The Labute approximate surface area is 117 Å². The Hall–Kier alpha value is -2.69. The maximum Gasteiger partial charge on any atom is 0.146 e. The minimum Gasteiger partial charge on any atom is -0.399 e. The van der Waals surface area contributed by atoms with E-state index in [1.165, 1.54) is 12.1 Å². The van der Waals surface area contributed by atoms with Gasteiger partial charge in [-0.05, 0) is 42.0 Å². The molecule has 0 aliphatic heterocycles. The van der Waals surface area contributed by atoms with Crippen LogP contribution in [0.5, 0.6) is 0 Å². The highest BCUT2D eigenvalue weighted by Crippen LogP contribution is 2.18. The van der Waals surface area contributed by atoms with Gasteiger partial charge in [0.05, 0.1) is 5.69 Å². The van der Waals surface area contributed by atoms with E-state index in [9.17, 15) is 4.39 Å². The molecule has 104 valence electrons. The highest BCUT2D eigenvalue weighted by atomic mass is 19.1. The zero-order valence-corrected chi connectivity index (χ0v) is 10.9. The number of nitrogen functional groups attached to an aromatic ring is 3. The molecule has 0 unspecified atom stereocenters. The van der Waals surface area contributed by atoms with Crippen LogP contribution in [0.25, 0.3) is 6.08 Å². The zero-order valence-electron chi connectivity index (χ0n) is 10.9. The van der Waals surface area contributed by atoms with Crippen LogP contribution < -0.4 is 22.5 Å². The molecule has 0 bridgehead atoms. The first-order valence-electron chi connectivity index (χ1n) is 6.16. The number of nitrogens with two attached hydrogens (primary N) is 3. The number of benzene rings is 2. The average Bonchev–Trinajstić information content (AvgIpc) is 2.42. The van der Waals surface area contributed by atoms with E-state index in [-0.39, 0.29) is 5.82 Å². The molecule has 0 spiro atoms. The van der Waals surface area contributed by atoms with Crippen molar-refractivity contribution in [2.75, 3.05) is 29.1 Å². The topological polar surface area (TPSA) is 90.1 Å². The summed E-state index contributed by atoms with van der Waals surface area (Å²) in [6.45, 7) is 0.453. The molecule has 0 aliphatic rings. The van der Waals surface area contributed by atoms with Crippen LogP contribution in [0, 0.1) is 5.82 Å². The lowest BCUT2D eigenvalue weighted by molar-refractivity contribution is 0.631. The minimum atomic E-state index is -0.337. The smallest absolute Gasteiger partial charge is 0.146 e. The van der Waals surface area contributed by atoms with Crippen LogP contribution in [-0.4, -0.2) is 6.54 Å². The highest BCUT2D eigenvalue weighted by molar-refractivity contribution is 5.68. The lowest BCUT2D eigenvalue weighted by Gasteiger charge is -2.06. The van der Waals surface area contributed by atoms with Gasteiger partial charge in [-0.15, -0.1) is 0 Å². The van der Waals surface area contributed by atoms with Gasteiger partial charge >= 0.3 is 0 Å². The molecule has 0 saturated heterocycles. The molecule has 7 N–H and O–H groups in total. The van der Waals surface area contributed by atoms with Gasteiger partial charge < -0.3 is 22.5 Å². The maximum atomic E-state index is 13.5. The molecule has 0 amide bonds. The number of hydrogen-bond donors (Lipinski definition) is 4. The number of nitrogens with one attached hydrogen (secondary N) is 1. The molecule has 0 heterocycles. The fraction of sp³-hybridized carbons (Fsp3) is 0.0667. The largest absolute Gasteiger partial charge is 0.399 e. The predicted octanol–water partition coefficient (Wildman–Crippen LogP) is 2.70. The summed E-state index contributed by atoms with van der Waals surface area (Å²) in [5, 5.41) is 2.94. The molecule has 0 fully saturated rings. The third kappa shape index (κ3) is 3.41. The Morgan fingerprint density at radius 1 is 1.00 bits per heavy atom. The second kappa shape index (κ2) is 5.97. The fourth-order valence-corrected chi connectivity index (χ4v) is 1.77. The van der Waals surface area contributed by atoms with Crippen molar-refractivity contribution >= 4 is 28.8 Å². The van der Waals surface area contributed by atoms with E-state index in [1.54, 1.807) is 24.3 Å². The molecule has 0 atom stereocenters. The van der Waals surface area contributed by atoms with Crippen LogP contribution >= 0.6 is 0 Å². The molecule has 0 aromatic heterocycles. The first-order chi connectivity index (χ1) is 9.56. The van der Waals surface area contributed by atoms with Crippen LogP contribution in [0.2, 0.25) is 0 Å². The van der Waals surface area contributed by atoms with E-state index < -0.39 is 0 Å². The summed E-state index contributed by atoms with van der Waals surface area (Å²) in [5.74, 6) is -0.337. The van der Waals surface area contributed by atoms with Gasteiger partial charge in [-0.3, -0.25) is 0 Å². The Morgan fingerprint density at radius 2 is 1.70 bits per heavy atom. The first kappa shape index (κ1) is 13.7. The van der Waals surface area contributed by atoms with E-state index in [4.69, 9.17) is 17.2 Å². The summed E-state index contributed by atoms with van der Waals surface area (Å²) in [6.07, 6.45) is 3.68. The summed E-state index contributed by atoms with van der Waals surface area (Å²) in [7, 11) is 0. The van der Waals surface area contributed by atoms with Crippen LogP contribution in [0.4, 0.5) is 27.1 Å². The maximum absolute atomic E-state index is 13.5. The van der Waals surface area contributed by atoms with E-state index in [0.29, 0.717) is 29.3 Å². The van der Waals surface area contributed by atoms with Crippen LogP contribution in [0.3, 0.4) is 0 Å². The standard InChI is InChI=1S/C15H17FN4/c16-13-5-3-12(18)9-15(13)20-7-1-2-10-8-11(17)4-6-14(10)19/h1-6,8-9,20H,7,17-19H2. The van der Waals surface area contributed by atoms with Gasteiger partial charge in [0.25, 0.3) is 0 Å². The molecule has 4 nitrogen and oxygen atoms in total. The molecule has 0 saturated carbocycles. The van der Waals surface area contributed by atoms with Crippen LogP contribution in [-0.2, 0) is 0 Å². The van der Waals surface area contributed by atoms with Crippen LogP contribution in [0.15, 0.2) is 42.5 Å².